The molecule has 0 unspecified atom stereocenters. The molecule has 4 heteroatoms. The van der Waals surface area contributed by atoms with Gasteiger partial charge in [0.15, 0.2) is 0 Å². The SMILES string of the molecule is C=CCO/C(=N/OC)c1ccc(OC)cc1. The second kappa shape index (κ2) is 6.50. The molecule has 0 atom stereocenters. The van der Waals surface area contributed by atoms with E-state index in [1.807, 2.05) is 24.3 Å². The first-order valence-corrected chi connectivity index (χ1v) is 4.81. The number of methoxy groups -OCH3 is 1. The van der Waals surface area contributed by atoms with E-state index in [2.05, 4.69) is 11.7 Å². The third-order valence-electron chi connectivity index (χ3n) is 1.85. The van der Waals surface area contributed by atoms with Gasteiger partial charge in [-0.2, -0.15) is 0 Å². The van der Waals surface area contributed by atoms with Crippen LogP contribution in [-0.4, -0.2) is 26.7 Å². The Morgan fingerprint density at radius 1 is 1.31 bits per heavy atom. The van der Waals surface area contributed by atoms with Gasteiger partial charge in [0, 0.05) is 5.56 Å². The average molecular weight is 221 g/mol. The summed E-state index contributed by atoms with van der Waals surface area (Å²) in [6, 6.07) is 7.36. The zero-order valence-corrected chi connectivity index (χ0v) is 9.47. The van der Waals surface area contributed by atoms with E-state index < -0.39 is 0 Å². The molecule has 1 aromatic carbocycles. The summed E-state index contributed by atoms with van der Waals surface area (Å²) in [6.45, 7) is 3.96. The Kier molecular flexibility index (Phi) is 4.92. The first kappa shape index (κ1) is 12.1. The van der Waals surface area contributed by atoms with Crippen LogP contribution in [0.3, 0.4) is 0 Å². The van der Waals surface area contributed by atoms with E-state index in [1.54, 1.807) is 13.2 Å². The smallest absolute Gasteiger partial charge is 0.257 e. The van der Waals surface area contributed by atoms with Crippen molar-refractivity contribution >= 4 is 5.90 Å². The quantitative estimate of drug-likeness (QED) is 0.331. The molecule has 1 rings (SSSR count). The van der Waals surface area contributed by atoms with Gasteiger partial charge in [0.1, 0.15) is 19.5 Å². The molecule has 0 saturated heterocycles. The molecule has 0 radical (unpaired) electrons. The van der Waals surface area contributed by atoms with Crippen molar-refractivity contribution in [1.29, 1.82) is 0 Å². The minimum absolute atomic E-state index is 0.383. The maximum atomic E-state index is 5.36. The summed E-state index contributed by atoms with van der Waals surface area (Å²) in [6.07, 6.45) is 1.65. The fourth-order valence-corrected chi connectivity index (χ4v) is 1.12. The van der Waals surface area contributed by atoms with E-state index in [0.717, 1.165) is 11.3 Å². The molecule has 0 aliphatic rings. The van der Waals surface area contributed by atoms with Gasteiger partial charge in [-0.25, -0.2) is 0 Å². The van der Waals surface area contributed by atoms with Crippen LogP contribution in [0.4, 0.5) is 0 Å². The second-order valence-corrected chi connectivity index (χ2v) is 2.91. The Morgan fingerprint density at radius 3 is 2.50 bits per heavy atom. The number of oxime groups is 1. The number of ether oxygens (including phenoxy) is 2. The monoisotopic (exact) mass is 221 g/mol. The third kappa shape index (κ3) is 3.31. The van der Waals surface area contributed by atoms with Crippen molar-refractivity contribution in [3.8, 4) is 5.75 Å². The summed E-state index contributed by atoms with van der Waals surface area (Å²) in [7, 11) is 3.09. The van der Waals surface area contributed by atoms with E-state index in [0.29, 0.717) is 12.5 Å². The molecule has 0 aliphatic carbocycles. The predicted octanol–water partition coefficient (Wildman–Crippen LogP) is 2.21. The molecular formula is C12H15NO3. The molecule has 0 spiro atoms. The maximum absolute atomic E-state index is 5.36. The van der Waals surface area contributed by atoms with Crippen LogP contribution in [0.25, 0.3) is 0 Å². The van der Waals surface area contributed by atoms with Crippen molar-refractivity contribution in [2.45, 2.75) is 0 Å². The van der Waals surface area contributed by atoms with Crippen LogP contribution in [0.15, 0.2) is 42.1 Å². The standard InChI is InChI=1S/C12H15NO3/c1-4-9-16-12(13-15-3)10-5-7-11(14-2)8-6-10/h4-8H,1,9H2,2-3H3/b13-12+. The van der Waals surface area contributed by atoms with Crippen LogP contribution in [0.2, 0.25) is 0 Å². The molecule has 0 aromatic heterocycles. The minimum atomic E-state index is 0.383. The van der Waals surface area contributed by atoms with Crippen molar-refractivity contribution in [3.63, 3.8) is 0 Å². The average Bonchev–Trinajstić information content (AvgIpc) is 2.35. The third-order valence-corrected chi connectivity index (χ3v) is 1.85. The predicted molar refractivity (Wildman–Crippen MR) is 62.7 cm³/mol. The van der Waals surface area contributed by atoms with Crippen molar-refractivity contribution in [1.82, 2.24) is 0 Å². The lowest BCUT2D eigenvalue weighted by molar-refractivity contribution is 0.196. The van der Waals surface area contributed by atoms with Gasteiger partial charge in [0.25, 0.3) is 5.90 Å². The second-order valence-electron chi connectivity index (χ2n) is 2.91. The highest BCUT2D eigenvalue weighted by Crippen LogP contribution is 2.12. The van der Waals surface area contributed by atoms with Gasteiger partial charge >= 0.3 is 0 Å². The van der Waals surface area contributed by atoms with Crippen LogP contribution in [0.5, 0.6) is 5.75 Å². The molecule has 0 amide bonds. The summed E-state index contributed by atoms with van der Waals surface area (Å²) in [5.41, 5.74) is 0.824. The summed E-state index contributed by atoms with van der Waals surface area (Å²) in [5, 5.41) is 3.79. The first-order valence-electron chi connectivity index (χ1n) is 4.81. The van der Waals surface area contributed by atoms with Crippen molar-refractivity contribution in [2.75, 3.05) is 20.8 Å². The minimum Gasteiger partial charge on any atom is -0.497 e. The molecule has 1 aromatic rings. The van der Waals surface area contributed by atoms with Gasteiger partial charge in [-0.1, -0.05) is 12.7 Å². The topological polar surface area (TPSA) is 40.0 Å². The highest BCUT2D eigenvalue weighted by Gasteiger charge is 2.05. The van der Waals surface area contributed by atoms with Crippen LogP contribution in [0.1, 0.15) is 5.56 Å². The molecule has 0 fully saturated rings. The normalized spacial score (nSPS) is 10.8. The number of hydrogen-bond donors (Lipinski definition) is 0. The number of nitrogens with zero attached hydrogens (tertiary/aromatic N) is 1. The number of hydrogen-bond acceptors (Lipinski definition) is 4. The van der Waals surface area contributed by atoms with Crippen molar-refractivity contribution in [2.24, 2.45) is 5.16 Å². The van der Waals surface area contributed by atoms with Crippen molar-refractivity contribution in [3.05, 3.63) is 42.5 Å². The molecule has 4 nitrogen and oxygen atoms in total. The Bertz CT molecular complexity index is 357. The molecule has 0 heterocycles. The van der Waals surface area contributed by atoms with E-state index in [4.69, 9.17) is 14.3 Å². The Balaban J connectivity index is 2.83. The number of rotatable bonds is 5. The van der Waals surface area contributed by atoms with E-state index in [-0.39, 0.29) is 0 Å². The van der Waals surface area contributed by atoms with Crippen LogP contribution in [0, 0.1) is 0 Å². The van der Waals surface area contributed by atoms with E-state index >= 15 is 0 Å². The first-order chi connectivity index (χ1) is 7.81. The number of benzene rings is 1. The molecule has 16 heavy (non-hydrogen) atoms. The van der Waals surface area contributed by atoms with Gasteiger partial charge in [0.2, 0.25) is 0 Å². The molecule has 0 N–H and O–H groups in total. The zero-order chi connectivity index (χ0) is 11.8. The summed E-state index contributed by atoms with van der Waals surface area (Å²) < 4.78 is 10.4. The zero-order valence-electron chi connectivity index (χ0n) is 9.47. The van der Waals surface area contributed by atoms with E-state index in [9.17, 15) is 0 Å². The molecule has 86 valence electrons. The largest absolute Gasteiger partial charge is 0.497 e. The maximum Gasteiger partial charge on any atom is 0.257 e. The van der Waals surface area contributed by atoms with Gasteiger partial charge in [0.05, 0.1) is 7.11 Å². The summed E-state index contributed by atoms with van der Waals surface area (Å²) in [5.74, 6) is 1.20. The molecule has 0 bridgehead atoms. The van der Waals surface area contributed by atoms with Gasteiger partial charge in [-0.15, -0.1) is 0 Å². The van der Waals surface area contributed by atoms with Gasteiger partial charge < -0.3 is 14.3 Å². The summed E-state index contributed by atoms with van der Waals surface area (Å²) >= 11 is 0. The van der Waals surface area contributed by atoms with Gasteiger partial charge in [-0.3, -0.25) is 0 Å². The summed E-state index contributed by atoms with van der Waals surface area (Å²) in [4.78, 5) is 4.71. The lowest BCUT2D eigenvalue weighted by Gasteiger charge is -2.07. The van der Waals surface area contributed by atoms with Crippen LogP contribution < -0.4 is 4.74 Å². The van der Waals surface area contributed by atoms with Crippen LogP contribution >= 0.6 is 0 Å². The van der Waals surface area contributed by atoms with Crippen LogP contribution in [-0.2, 0) is 9.57 Å². The molecular weight excluding hydrogens is 206 g/mol. The lowest BCUT2D eigenvalue weighted by atomic mass is 10.2. The Labute approximate surface area is 95.1 Å². The molecule has 0 aliphatic heterocycles. The lowest BCUT2D eigenvalue weighted by Crippen LogP contribution is -2.07. The Hall–Kier alpha value is -1.97. The van der Waals surface area contributed by atoms with Crippen molar-refractivity contribution < 1.29 is 14.3 Å². The Morgan fingerprint density at radius 2 is 2.00 bits per heavy atom. The fraction of sp³-hybridized carbons (Fsp3) is 0.250. The fourth-order valence-electron chi connectivity index (χ4n) is 1.12. The highest BCUT2D eigenvalue weighted by molar-refractivity contribution is 5.93. The molecule has 0 saturated carbocycles. The van der Waals surface area contributed by atoms with Gasteiger partial charge in [-0.05, 0) is 29.4 Å². The highest BCUT2D eigenvalue weighted by atomic mass is 16.6. The van der Waals surface area contributed by atoms with E-state index in [1.165, 1.54) is 7.11 Å².